The van der Waals surface area contributed by atoms with Gasteiger partial charge in [0.25, 0.3) is 0 Å². The summed E-state index contributed by atoms with van der Waals surface area (Å²) >= 11 is 0. The van der Waals surface area contributed by atoms with Gasteiger partial charge in [-0.25, -0.2) is 0 Å². The Balaban J connectivity index is 2.07. The van der Waals surface area contributed by atoms with E-state index in [0.717, 1.165) is 11.4 Å². The van der Waals surface area contributed by atoms with Crippen molar-refractivity contribution in [2.75, 3.05) is 5.32 Å². The second-order valence-electron chi connectivity index (χ2n) is 5.28. The number of hydrogen-bond acceptors (Lipinski definition) is 1. The first-order valence-corrected chi connectivity index (χ1v) is 7.43. The Bertz CT molecular complexity index is 838. The van der Waals surface area contributed by atoms with Crippen molar-refractivity contribution in [1.29, 1.82) is 0 Å². The molecule has 0 bridgehead atoms. The molecular weight excluding hydrogens is 266 g/mol. The predicted octanol–water partition coefficient (Wildman–Crippen LogP) is 6.09. The quantitative estimate of drug-likeness (QED) is 0.572. The van der Waals surface area contributed by atoms with Crippen molar-refractivity contribution in [2.45, 2.75) is 6.92 Å². The van der Waals surface area contributed by atoms with Crippen LogP contribution in [-0.4, -0.2) is 0 Å². The van der Waals surface area contributed by atoms with Crippen LogP contribution in [0.2, 0.25) is 0 Å². The smallest absolute Gasteiger partial charge is 0.0464 e. The minimum atomic E-state index is 1.11. The topological polar surface area (TPSA) is 12.0 Å². The van der Waals surface area contributed by atoms with E-state index in [2.05, 4.69) is 85.6 Å². The molecule has 0 saturated carbocycles. The summed E-state index contributed by atoms with van der Waals surface area (Å²) in [6.45, 7) is 5.87. The fraction of sp³-hybridized carbons (Fsp3) is 0.0476. The van der Waals surface area contributed by atoms with Crippen molar-refractivity contribution in [3.8, 4) is 0 Å². The van der Waals surface area contributed by atoms with Crippen LogP contribution in [0.25, 0.3) is 16.8 Å². The molecule has 0 aliphatic carbocycles. The first kappa shape index (κ1) is 14.2. The predicted molar refractivity (Wildman–Crippen MR) is 97.6 cm³/mol. The molecule has 0 atom stereocenters. The molecule has 0 aliphatic rings. The summed E-state index contributed by atoms with van der Waals surface area (Å²) in [5.41, 5.74) is 4.66. The van der Waals surface area contributed by atoms with Crippen LogP contribution in [-0.2, 0) is 0 Å². The Kier molecular flexibility index (Phi) is 4.06. The van der Waals surface area contributed by atoms with Crippen molar-refractivity contribution in [3.05, 3.63) is 90.5 Å². The maximum absolute atomic E-state index is 3.75. The number of allylic oxidation sites excluding steroid dienone is 2. The normalized spacial score (nSPS) is 11.0. The molecule has 3 aromatic rings. The van der Waals surface area contributed by atoms with Gasteiger partial charge in [-0.15, -0.1) is 0 Å². The Labute approximate surface area is 131 Å². The molecule has 0 amide bonds. The highest BCUT2D eigenvalue weighted by atomic mass is 14.9. The van der Waals surface area contributed by atoms with E-state index in [1.807, 2.05) is 6.08 Å². The molecule has 1 heteroatoms. The third kappa shape index (κ3) is 2.79. The highest BCUT2D eigenvalue weighted by Gasteiger charge is 2.05. The average Bonchev–Trinajstić information content (AvgIpc) is 2.55. The van der Waals surface area contributed by atoms with Crippen molar-refractivity contribution < 1.29 is 0 Å². The summed E-state index contributed by atoms with van der Waals surface area (Å²) in [6, 6.07) is 21.1. The van der Waals surface area contributed by atoms with Crippen LogP contribution in [0.1, 0.15) is 11.1 Å². The summed E-state index contributed by atoms with van der Waals surface area (Å²) in [7, 11) is 0. The maximum Gasteiger partial charge on any atom is 0.0464 e. The molecule has 1 nitrogen and oxygen atoms in total. The molecule has 0 saturated heterocycles. The van der Waals surface area contributed by atoms with Crippen molar-refractivity contribution in [3.63, 3.8) is 0 Å². The number of rotatable bonds is 4. The zero-order valence-corrected chi connectivity index (χ0v) is 12.7. The van der Waals surface area contributed by atoms with Crippen LogP contribution in [0.3, 0.4) is 0 Å². The summed E-state index contributed by atoms with van der Waals surface area (Å²) in [4.78, 5) is 0. The van der Waals surface area contributed by atoms with Gasteiger partial charge in [0.1, 0.15) is 0 Å². The SMILES string of the molecule is C=C/C=C\c1c(C)cccc1Nc1cccc2ccccc12. The molecule has 0 heterocycles. The molecule has 0 unspecified atom stereocenters. The number of benzene rings is 3. The van der Waals surface area contributed by atoms with Gasteiger partial charge in [-0.05, 0) is 30.0 Å². The van der Waals surface area contributed by atoms with Crippen LogP contribution in [0.4, 0.5) is 11.4 Å². The molecule has 3 rings (SSSR count). The van der Waals surface area contributed by atoms with Gasteiger partial charge in [0.15, 0.2) is 0 Å². The third-order valence-electron chi connectivity index (χ3n) is 3.78. The van der Waals surface area contributed by atoms with Gasteiger partial charge in [0.2, 0.25) is 0 Å². The summed E-state index contributed by atoms with van der Waals surface area (Å²) in [6.07, 6.45) is 5.86. The van der Waals surface area contributed by atoms with Crippen LogP contribution >= 0.6 is 0 Å². The number of hydrogen-bond donors (Lipinski definition) is 1. The molecule has 0 aliphatic heterocycles. The minimum absolute atomic E-state index is 1.11. The van der Waals surface area contributed by atoms with Gasteiger partial charge < -0.3 is 5.32 Å². The lowest BCUT2D eigenvalue weighted by Gasteiger charge is -2.14. The molecule has 108 valence electrons. The second-order valence-corrected chi connectivity index (χ2v) is 5.28. The van der Waals surface area contributed by atoms with Crippen LogP contribution in [0.5, 0.6) is 0 Å². The zero-order valence-electron chi connectivity index (χ0n) is 12.7. The zero-order chi connectivity index (χ0) is 15.4. The Morgan fingerprint density at radius 2 is 1.59 bits per heavy atom. The molecule has 0 fully saturated rings. The molecule has 0 radical (unpaired) electrons. The van der Waals surface area contributed by atoms with E-state index in [1.165, 1.54) is 21.9 Å². The van der Waals surface area contributed by atoms with E-state index in [1.54, 1.807) is 6.08 Å². The lowest BCUT2D eigenvalue weighted by atomic mass is 10.0. The highest BCUT2D eigenvalue weighted by molar-refractivity contribution is 5.96. The standard InChI is InChI=1S/C21H19N/c1-3-4-12-18-16(2)9-7-14-20(18)22-21-15-8-11-17-10-5-6-13-19(17)21/h3-15,22H,1H2,2H3/b12-4-. The highest BCUT2D eigenvalue weighted by Crippen LogP contribution is 2.29. The van der Waals surface area contributed by atoms with Gasteiger partial charge in [0.05, 0.1) is 0 Å². The average molecular weight is 285 g/mol. The first-order chi connectivity index (χ1) is 10.8. The van der Waals surface area contributed by atoms with Gasteiger partial charge in [-0.3, -0.25) is 0 Å². The van der Waals surface area contributed by atoms with Gasteiger partial charge in [0, 0.05) is 22.3 Å². The molecular formula is C21H19N. The van der Waals surface area contributed by atoms with Gasteiger partial charge >= 0.3 is 0 Å². The summed E-state index contributed by atoms with van der Waals surface area (Å²) in [5.74, 6) is 0. The fourth-order valence-electron chi connectivity index (χ4n) is 2.65. The van der Waals surface area contributed by atoms with Gasteiger partial charge in [-0.2, -0.15) is 0 Å². The number of fused-ring (bicyclic) bond motifs is 1. The van der Waals surface area contributed by atoms with E-state index in [4.69, 9.17) is 0 Å². The van der Waals surface area contributed by atoms with Crippen molar-refractivity contribution >= 4 is 28.2 Å². The van der Waals surface area contributed by atoms with Crippen molar-refractivity contribution in [1.82, 2.24) is 0 Å². The van der Waals surface area contributed by atoms with E-state index < -0.39 is 0 Å². The minimum Gasteiger partial charge on any atom is -0.355 e. The van der Waals surface area contributed by atoms with Crippen molar-refractivity contribution in [2.24, 2.45) is 0 Å². The lowest BCUT2D eigenvalue weighted by molar-refractivity contribution is 1.43. The number of anilines is 2. The molecule has 0 aromatic heterocycles. The maximum atomic E-state index is 3.75. The fourth-order valence-corrected chi connectivity index (χ4v) is 2.65. The van der Waals surface area contributed by atoms with Gasteiger partial charge in [-0.1, -0.05) is 73.3 Å². The van der Waals surface area contributed by atoms with Crippen LogP contribution < -0.4 is 5.32 Å². The molecule has 22 heavy (non-hydrogen) atoms. The lowest BCUT2D eigenvalue weighted by Crippen LogP contribution is -1.95. The second kappa shape index (κ2) is 6.31. The van der Waals surface area contributed by atoms with Crippen LogP contribution in [0.15, 0.2) is 79.4 Å². The largest absolute Gasteiger partial charge is 0.355 e. The first-order valence-electron chi connectivity index (χ1n) is 7.43. The number of nitrogens with one attached hydrogen (secondary N) is 1. The van der Waals surface area contributed by atoms with E-state index in [0.29, 0.717) is 0 Å². The summed E-state index contributed by atoms with van der Waals surface area (Å²) < 4.78 is 0. The van der Waals surface area contributed by atoms with E-state index in [9.17, 15) is 0 Å². The monoisotopic (exact) mass is 285 g/mol. The van der Waals surface area contributed by atoms with Crippen LogP contribution in [0, 0.1) is 6.92 Å². The Morgan fingerprint density at radius 3 is 2.45 bits per heavy atom. The molecule has 0 spiro atoms. The Morgan fingerprint density at radius 1 is 0.864 bits per heavy atom. The summed E-state index contributed by atoms with van der Waals surface area (Å²) in [5, 5.41) is 6.05. The third-order valence-corrected chi connectivity index (χ3v) is 3.78. The van der Waals surface area contributed by atoms with E-state index >= 15 is 0 Å². The molecule has 1 N–H and O–H groups in total. The van der Waals surface area contributed by atoms with E-state index in [-0.39, 0.29) is 0 Å². The Hall–Kier alpha value is -2.80. The number of aryl methyl sites for hydroxylation is 1. The molecule has 3 aromatic carbocycles.